The minimum atomic E-state index is -4.97. The predicted molar refractivity (Wildman–Crippen MR) is 84.6 cm³/mol. The van der Waals surface area contributed by atoms with Gasteiger partial charge < -0.3 is 5.32 Å². The number of hydrogen-bond acceptors (Lipinski definition) is 5. The van der Waals surface area contributed by atoms with E-state index in [1.54, 1.807) is 5.38 Å². The van der Waals surface area contributed by atoms with Crippen molar-refractivity contribution < 1.29 is 31.1 Å². The summed E-state index contributed by atoms with van der Waals surface area (Å²) in [5, 5.41) is 8.01. The third-order valence-corrected chi connectivity index (χ3v) is 4.20. The molecule has 0 saturated carbocycles. The van der Waals surface area contributed by atoms with E-state index in [9.17, 15) is 31.1 Å². The van der Waals surface area contributed by atoms with Gasteiger partial charge in [0.15, 0.2) is 0 Å². The summed E-state index contributed by atoms with van der Waals surface area (Å²) < 4.78 is 78.4. The number of carbonyl (C=O) groups excluding carboxylic acids is 1. The Kier molecular flexibility index (Phi) is 5.10. The van der Waals surface area contributed by atoms with Crippen LogP contribution in [-0.4, -0.2) is 25.7 Å². The number of halogens is 6. The molecule has 0 fully saturated rings. The van der Waals surface area contributed by atoms with Crippen molar-refractivity contribution in [3.63, 3.8) is 0 Å². The summed E-state index contributed by atoms with van der Waals surface area (Å²) in [6.07, 6.45) is -7.40. The standard InChI is InChI=1S/C15H9F6N5OS/c16-14(17,18)9-3-8(4-10(5-9)15(19,20)21)6-23-12(27)11-24-7-25-26(11)13-22-1-2-28-13/h1-5,7H,6H2,(H,23,27). The number of amides is 1. The van der Waals surface area contributed by atoms with Crippen LogP contribution in [0.4, 0.5) is 26.3 Å². The molecule has 28 heavy (non-hydrogen) atoms. The lowest BCUT2D eigenvalue weighted by atomic mass is 10.0. The molecule has 2 aromatic heterocycles. The van der Waals surface area contributed by atoms with Crippen LogP contribution in [0.1, 0.15) is 27.3 Å². The topological polar surface area (TPSA) is 72.7 Å². The summed E-state index contributed by atoms with van der Waals surface area (Å²) in [5.41, 5.74) is -3.29. The van der Waals surface area contributed by atoms with Gasteiger partial charge >= 0.3 is 12.4 Å². The highest BCUT2D eigenvalue weighted by atomic mass is 32.1. The number of aromatic nitrogens is 4. The molecule has 0 unspecified atom stereocenters. The molecule has 1 amide bonds. The minimum Gasteiger partial charge on any atom is -0.345 e. The van der Waals surface area contributed by atoms with Gasteiger partial charge in [-0.2, -0.15) is 36.1 Å². The second-order valence-corrected chi connectivity index (χ2v) is 6.28. The first-order chi connectivity index (χ1) is 13.1. The maximum absolute atomic E-state index is 12.9. The molecule has 0 saturated heterocycles. The monoisotopic (exact) mass is 421 g/mol. The molecule has 0 aliphatic rings. The molecular weight excluding hydrogens is 412 g/mol. The van der Waals surface area contributed by atoms with Gasteiger partial charge in [-0.1, -0.05) is 0 Å². The van der Waals surface area contributed by atoms with Crippen molar-refractivity contribution in [2.75, 3.05) is 0 Å². The van der Waals surface area contributed by atoms with Gasteiger partial charge in [0.25, 0.3) is 5.91 Å². The summed E-state index contributed by atoms with van der Waals surface area (Å²) in [6, 6.07) is 1.10. The van der Waals surface area contributed by atoms with E-state index in [2.05, 4.69) is 20.4 Å². The van der Waals surface area contributed by atoms with E-state index in [-0.39, 0.29) is 17.5 Å². The fraction of sp³-hybridized carbons (Fsp3) is 0.200. The second-order valence-electron chi connectivity index (χ2n) is 5.41. The molecule has 0 bridgehead atoms. The first-order valence-corrected chi connectivity index (χ1v) is 8.30. The van der Waals surface area contributed by atoms with E-state index in [0.717, 1.165) is 22.3 Å². The van der Waals surface area contributed by atoms with Crippen molar-refractivity contribution in [1.82, 2.24) is 25.1 Å². The van der Waals surface area contributed by atoms with Crippen molar-refractivity contribution in [3.05, 3.63) is 58.6 Å². The van der Waals surface area contributed by atoms with Gasteiger partial charge in [-0.05, 0) is 23.8 Å². The van der Waals surface area contributed by atoms with Crippen molar-refractivity contribution in [2.45, 2.75) is 18.9 Å². The lowest BCUT2D eigenvalue weighted by Gasteiger charge is -2.14. The number of nitrogens with zero attached hydrogens (tertiary/aromatic N) is 4. The lowest BCUT2D eigenvalue weighted by molar-refractivity contribution is -0.143. The number of thiazole rings is 1. The second kappa shape index (κ2) is 7.22. The maximum Gasteiger partial charge on any atom is 0.416 e. The number of alkyl halides is 6. The quantitative estimate of drug-likeness (QED) is 0.653. The fourth-order valence-electron chi connectivity index (χ4n) is 2.24. The summed E-state index contributed by atoms with van der Waals surface area (Å²) in [4.78, 5) is 19.9. The Morgan fingerprint density at radius 1 is 1.04 bits per heavy atom. The SMILES string of the molecule is O=C(NCc1cc(C(F)(F)F)cc(C(F)(F)F)c1)c1ncnn1-c1nccs1. The van der Waals surface area contributed by atoms with Crippen LogP contribution in [0.2, 0.25) is 0 Å². The number of hydrogen-bond donors (Lipinski definition) is 1. The summed E-state index contributed by atoms with van der Waals surface area (Å²) >= 11 is 1.16. The van der Waals surface area contributed by atoms with E-state index < -0.39 is 35.9 Å². The van der Waals surface area contributed by atoms with Crippen LogP contribution < -0.4 is 5.32 Å². The highest BCUT2D eigenvalue weighted by Gasteiger charge is 2.36. The van der Waals surface area contributed by atoms with Crippen LogP contribution in [0, 0.1) is 0 Å². The molecule has 13 heteroatoms. The number of rotatable bonds is 4. The molecule has 0 aliphatic heterocycles. The average molecular weight is 421 g/mol. The molecule has 3 aromatic rings. The van der Waals surface area contributed by atoms with Crippen molar-refractivity contribution in [1.29, 1.82) is 0 Å². The molecule has 1 N–H and O–H groups in total. The Balaban J connectivity index is 1.83. The van der Waals surface area contributed by atoms with Gasteiger partial charge in [0.05, 0.1) is 11.1 Å². The highest BCUT2D eigenvalue weighted by Crippen LogP contribution is 2.36. The molecule has 0 spiro atoms. The third kappa shape index (κ3) is 4.30. The van der Waals surface area contributed by atoms with Crippen LogP contribution in [0.5, 0.6) is 0 Å². The first kappa shape index (κ1) is 19.8. The largest absolute Gasteiger partial charge is 0.416 e. The molecule has 3 rings (SSSR count). The third-order valence-electron chi connectivity index (χ3n) is 3.45. The zero-order valence-electron chi connectivity index (χ0n) is 13.5. The zero-order valence-corrected chi connectivity index (χ0v) is 14.4. The molecular formula is C15H9F6N5OS. The zero-order chi connectivity index (χ0) is 20.5. The molecule has 6 nitrogen and oxygen atoms in total. The molecule has 0 radical (unpaired) electrons. The summed E-state index contributed by atoms with van der Waals surface area (Å²) in [7, 11) is 0. The van der Waals surface area contributed by atoms with Gasteiger partial charge in [0.2, 0.25) is 11.0 Å². The van der Waals surface area contributed by atoms with Crippen LogP contribution in [-0.2, 0) is 18.9 Å². The van der Waals surface area contributed by atoms with Crippen molar-refractivity contribution in [3.8, 4) is 5.13 Å². The van der Waals surface area contributed by atoms with Gasteiger partial charge in [-0.25, -0.2) is 9.97 Å². The van der Waals surface area contributed by atoms with Crippen molar-refractivity contribution in [2.24, 2.45) is 0 Å². The summed E-state index contributed by atoms with van der Waals surface area (Å²) in [5.74, 6) is -1.04. The van der Waals surface area contributed by atoms with E-state index in [1.807, 2.05) is 0 Å². The van der Waals surface area contributed by atoms with Gasteiger partial charge in [-0.15, -0.1) is 11.3 Å². The smallest absolute Gasteiger partial charge is 0.345 e. The Morgan fingerprint density at radius 2 is 1.68 bits per heavy atom. The molecule has 0 aliphatic carbocycles. The van der Waals surface area contributed by atoms with Crippen molar-refractivity contribution >= 4 is 17.2 Å². The van der Waals surface area contributed by atoms with E-state index >= 15 is 0 Å². The summed E-state index contributed by atoms with van der Waals surface area (Å²) in [6.45, 7) is -0.573. The van der Waals surface area contributed by atoms with Crippen LogP contribution in [0.15, 0.2) is 36.1 Å². The Labute approximate surface area is 156 Å². The van der Waals surface area contributed by atoms with Crippen LogP contribution >= 0.6 is 11.3 Å². The van der Waals surface area contributed by atoms with E-state index in [4.69, 9.17) is 0 Å². The van der Waals surface area contributed by atoms with Gasteiger partial charge in [0.1, 0.15) is 6.33 Å². The minimum absolute atomic E-state index is 0.0183. The Morgan fingerprint density at radius 3 is 2.21 bits per heavy atom. The number of carbonyl (C=O) groups is 1. The van der Waals surface area contributed by atoms with Gasteiger partial charge in [0, 0.05) is 18.1 Å². The normalized spacial score (nSPS) is 12.2. The predicted octanol–water partition coefficient (Wildman–Crippen LogP) is 3.69. The van der Waals surface area contributed by atoms with Gasteiger partial charge in [-0.3, -0.25) is 4.79 Å². The van der Waals surface area contributed by atoms with E-state index in [1.165, 1.54) is 6.20 Å². The molecule has 1 aromatic carbocycles. The Hall–Kier alpha value is -2.96. The molecule has 2 heterocycles. The molecule has 0 atom stereocenters. The number of benzene rings is 1. The average Bonchev–Trinajstić information content (AvgIpc) is 3.28. The lowest BCUT2D eigenvalue weighted by Crippen LogP contribution is -2.26. The maximum atomic E-state index is 12.9. The fourth-order valence-corrected chi connectivity index (χ4v) is 2.84. The molecule has 148 valence electrons. The first-order valence-electron chi connectivity index (χ1n) is 7.42. The number of nitrogens with one attached hydrogen (secondary N) is 1. The Bertz CT molecular complexity index is 947. The van der Waals surface area contributed by atoms with Crippen LogP contribution in [0.25, 0.3) is 5.13 Å². The van der Waals surface area contributed by atoms with Crippen LogP contribution in [0.3, 0.4) is 0 Å². The highest BCUT2D eigenvalue weighted by molar-refractivity contribution is 7.12. The van der Waals surface area contributed by atoms with E-state index in [0.29, 0.717) is 17.3 Å².